The molecule has 1 aromatic heterocycles. The number of carbonyl (C=O) groups excluding carboxylic acids is 1. The second kappa shape index (κ2) is 5.17. The van der Waals surface area contributed by atoms with E-state index in [1.165, 1.54) is 0 Å². The Hall–Kier alpha value is -2.25. The molecule has 1 aromatic carbocycles. The van der Waals surface area contributed by atoms with Crippen LogP contribution in [0.25, 0.3) is 0 Å². The summed E-state index contributed by atoms with van der Waals surface area (Å²) in [7, 11) is 0. The summed E-state index contributed by atoms with van der Waals surface area (Å²) in [5.74, 6) is 0.977. The lowest BCUT2D eigenvalue weighted by Gasteiger charge is -2.05. The number of anilines is 1. The predicted molar refractivity (Wildman–Crippen MR) is 72.3 cm³/mol. The van der Waals surface area contributed by atoms with Crippen molar-refractivity contribution in [2.45, 2.75) is 13.8 Å². The summed E-state index contributed by atoms with van der Waals surface area (Å²) >= 11 is 5.90. The van der Waals surface area contributed by atoms with Crippen LogP contribution in [0, 0.1) is 25.2 Å². The van der Waals surface area contributed by atoms with Crippen LogP contribution in [-0.2, 0) is 0 Å². The van der Waals surface area contributed by atoms with Crippen molar-refractivity contribution in [3.63, 3.8) is 0 Å². The van der Waals surface area contributed by atoms with E-state index in [1.54, 1.807) is 38.1 Å². The highest BCUT2D eigenvalue weighted by atomic mass is 35.5. The zero-order valence-electron chi connectivity index (χ0n) is 10.5. The molecule has 4 nitrogen and oxygen atoms in total. The largest absolute Gasteiger partial charge is 0.466 e. The molecular formula is C14H11ClN2O2. The molecule has 0 atom stereocenters. The number of nitrogens with zero attached hydrogens (tertiary/aromatic N) is 1. The maximum absolute atomic E-state index is 12.0. The predicted octanol–water partition coefficient (Wildman–Crippen LogP) is 3.67. The van der Waals surface area contributed by atoms with Gasteiger partial charge in [0.2, 0.25) is 0 Å². The number of nitrogens with one attached hydrogen (secondary N) is 1. The Morgan fingerprint density at radius 2 is 2.11 bits per heavy atom. The van der Waals surface area contributed by atoms with Gasteiger partial charge in [0.1, 0.15) is 17.6 Å². The maximum atomic E-state index is 12.0. The first kappa shape index (κ1) is 13.2. The van der Waals surface area contributed by atoms with Crippen LogP contribution >= 0.6 is 11.6 Å². The summed E-state index contributed by atoms with van der Waals surface area (Å²) < 4.78 is 5.30. The standard InChI is InChI=1S/C14H11ClN2O2/c1-8-5-12(9(2)19-8)14(18)17-11-4-3-10(7-16)13(15)6-11/h3-6H,1-2H3,(H,17,18). The van der Waals surface area contributed by atoms with Crippen molar-refractivity contribution in [3.8, 4) is 6.07 Å². The molecule has 0 aliphatic heterocycles. The van der Waals surface area contributed by atoms with Crippen molar-refractivity contribution in [2.75, 3.05) is 5.32 Å². The fourth-order valence-electron chi connectivity index (χ4n) is 1.74. The van der Waals surface area contributed by atoms with Gasteiger partial charge in [-0.1, -0.05) is 11.6 Å². The van der Waals surface area contributed by atoms with Gasteiger partial charge in [-0.15, -0.1) is 0 Å². The van der Waals surface area contributed by atoms with Gasteiger partial charge in [0, 0.05) is 5.69 Å². The number of furan rings is 1. The van der Waals surface area contributed by atoms with Crippen LogP contribution in [0.3, 0.4) is 0 Å². The molecule has 0 spiro atoms. The quantitative estimate of drug-likeness (QED) is 0.908. The van der Waals surface area contributed by atoms with Crippen molar-refractivity contribution < 1.29 is 9.21 Å². The third-order valence-corrected chi connectivity index (χ3v) is 2.95. The lowest BCUT2D eigenvalue weighted by molar-refractivity contribution is 0.102. The van der Waals surface area contributed by atoms with Crippen molar-refractivity contribution >= 4 is 23.2 Å². The number of halogens is 1. The molecular weight excluding hydrogens is 264 g/mol. The summed E-state index contributed by atoms with van der Waals surface area (Å²) in [6, 6.07) is 8.37. The minimum absolute atomic E-state index is 0.268. The first-order valence-electron chi connectivity index (χ1n) is 5.59. The molecule has 0 radical (unpaired) electrons. The lowest BCUT2D eigenvalue weighted by atomic mass is 10.2. The molecule has 0 saturated carbocycles. The second-order valence-electron chi connectivity index (χ2n) is 4.09. The van der Waals surface area contributed by atoms with Gasteiger partial charge in [-0.05, 0) is 38.1 Å². The Balaban J connectivity index is 2.22. The smallest absolute Gasteiger partial charge is 0.259 e. The average Bonchev–Trinajstić information content (AvgIpc) is 2.69. The van der Waals surface area contributed by atoms with Crippen molar-refractivity contribution in [3.05, 3.63) is 51.9 Å². The maximum Gasteiger partial charge on any atom is 0.259 e. The molecule has 19 heavy (non-hydrogen) atoms. The van der Waals surface area contributed by atoms with E-state index in [1.807, 2.05) is 6.07 Å². The highest BCUT2D eigenvalue weighted by Crippen LogP contribution is 2.21. The van der Waals surface area contributed by atoms with E-state index in [-0.39, 0.29) is 5.91 Å². The number of aryl methyl sites for hydroxylation is 2. The molecule has 1 N–H and O–H groups in total. The second-order valence-corrected chi connectivity index (χ2v) is 4.49. The molecule has 1 amide bonds. The van der Waals surface area contributed by atoms with Gasteiger partial charge in [-0.2, -0.15) is 5.26 Å². The van der Waals surface area contributed by atoms with Crippen molar-refractivity contribution in [2.24, 2.45) is 0 Å². The minimum Gasteiger partial charge on any atom is -0.466 e. The monoisotopic (exact) mass is 274 g/mol. The van der Waals surface area contributed by atoms with Gasteiger partial charge in [0.15, 0.2) is 0 Å². The van der Waals surface area contributed by atoms with Gasteiger partial charge in [-0.25, -0.2) is 0 Å². The Kier molecular flexibility index (Phi) is 3.59. The molecule has 0 unspecified atom stereocenters. The molecule has 0 bridgehead atoms. The molecule has 0 saturated heterocycles. The van der Waals surface area contributed by atoms with Crippen LogP contribution in [0.5, 0.6) is 0 Å². The van der Waals surface area contributed by atoms with Gasteiger partial charge in [-0.3, -0.25) is 4.79 Å². The fraction of sp³-hybridized carbons (Fsp3) is 0.143. The molecule has 2 rings (SSSR count). The van der Waals surface area contributed by atoms with E-state index in [0.29, 0.717) is 33.4 Å². The van der Waals surface area contributed by atoms with E-state index in [4.69, 9.17) is 21.3 Å². The summed E-state index contributed by atoms with van der Waals surface area (Å²) in [6.45, 7) is 3.51. The number of hydrogen-bond acceptors (Lipinski definition) is 3. The average molecular weight is 275 g/mol. The highest BCUT2D eigenvalue weighted by Gasteiger charge is 2.14. The van der Waals surface area contributed by atoms with E-state index in [9.17, 15) is 4.79 Å². The zero-order chi connectivity index (χ0) is 14.0. The van der Waals surface area contributed by atoms with Crippen LogP contribution in [0.15, 0.2) is 28.7 Å². The molecule has 1 heterocycles. The van der Waals surface area contributed by atoms with Crippen LogP contribution < -0.4 is 5.32 Å². The van der Waals surface area contributed by atoms with E-state index < -0.39 is 0 Å². The summed E-state index contributed by atoms with van der Waals surface area (Å²) in [5, 5.41) is 11.8. The first-order chi connectivity index (χ1) is 9.01. The Labute approximate surface area is 115 Å². The number of carbonyl (C=O) groups is 1. The van der Waals surface area contributed by atoms with Crippen LogP contribution in [-0.4, -0.2) is 5.91 Å². The highest BCUT2D eigenvalue weighted by molar-refractivity contribution is 6.32. The molecule has 2 aromatic rings. The summed E-state index contributed by atoms with van der Waals surface area (Å²) in [5.41, 5.74) is 1.39. The first-order valence-corrected chi connectivity index (χ1v) is 5.97. The summed E-state index contributed by atoms with van der Waals surface area (Å²) in [4.78, 5) is 12.0. The van der Waals surface area contributed by atoms with Crippen LogP contribution in [0.4, 0.5) is 5.69 Å². The summed E-state index contributed by atoms with van der Waals surface area (Å²) in [6.07, 6.45) is 0. The Morgan fingerprint density at radius 3 is 2.63 bits per heavy atom. The lowest BCUT2D eigenvalue weighted by Crippen LogP contribution is -2.12. The van der Waals surface area contributed by atoms with Gasteiger partial charge in [0.05, 0.1) is 16.1 Å². The topological polar surface area (TPSA) is 66.0 Å². The van der Waals surface area contributed by atoms with Gasteiger partial charge < -0.3 is 9.73 Å². The Bertz CT molecular complexity index is 683. The van der Waals surface area contributed by atoms with E-state index in [0.717, 1.165) is 0 Å². The normalized spacial score (nSPS) is 10.0. The number of nitriles is 1. The van der Waals surface area contributed by atoms with Crippen molar-refractivity contribution in [1.29, 1.82) is 5.26 Å². The SMILES string of the molecule is Cc1cc(C(=O)Nc2ccc(C#N)c(Cl)c2)c(C)o1. The number of benzene rings is 1. The number of amides is 1. The molecule has 96 valence electrons. The fourth-order valence-corrected chi connectivity index (χ4v) is 1.96. The molecule has 0 aliphatic rings. The van der Waals surface area contributed by atoms with Crippen LogP contribution in [0.2, 0.25) is 5.02 Å². The molecule has 0 aliphatic carbocycles. The third kappa shape index (κ3) is 2.78. The Morgan fingerprint density at radius 1 is 1.37 bits per heavy atom. The molecule has 5 heteroatoms. The van der Waals surface area contributed by atoms with E-state index >= 15 is 0 Å². The molecule has 0 fully saturated rings. The number of hydrogen-bond donors (Lipinski definition) is 1. The van der Waals surface area contributed by atoms with E-state index in [2.05, 4.69) is 5.32 Å². The van der Waals surface area contributed by atoms with Crippen molar-refractivity contribution in [1.82, 2.24) is 0 Å². The van der Waals surface area contributed by atoms with Gasteiger partial charge in [0.25, 0.3) is 5.91 Å². The number of rotatable bonds is 2. The van der Waals surface area contributed by atoms with Gasteiger partial charge >= 0.3 is 0 Å². The zero-order valence-corrected chi connectivity index (χ0v) is 11.2. The minimum atomic E-state index is -0.268. The third-order valence-electron chi connectivity index (χ3n) is 2.63. The van der Waals surface area contributed by atoms with Crippen LogP contribution in [0.1, 0.15) is 27.4 Å².